The minimum Gasteiger partial charge on any atom is -0.489 e. The fourth-order valence-corrected chi connectivity index (χ4v) is 5.10. The van der Waals surface area contributed by atoms with Gasteiger partial charge < -0.3 is 14.5 Å². The zero-order valence-electron chi connectivity index (χ0n) is 22.7. The van der Waals surface area contributed by atoms with E-state index in [4.69, 9.17) is 4.74 Å². The first-order valence-corrected chi connectivity index (χ1v) is 13.4. The molecule has 1 unspecified atom stereocenters. The van der Waals surface area contributed by atoms with Crippen LogP contribution in [0.25, 0.3) is 11.1 Å². The number of hydrogen-bond donors (Lipinski definition) is 0. The molecular formula is C32H44Cl2N2O. The van der Waals surface area contributed by atoms with Gasteiger partial charge in [0, 0.05) is 13.1 Å². The Balaban J connectivity index is 0.00000241. The molecule has 0 bridgehead atoms. The summed E-state index contributed by atoms with van der Waals surface area (Å²) in [5.74, 6) is 1.79. The van der Waals surface area contributed by atoms with E-state index in [1.165, 1.54) is 73.1 Å². The maximum atomic E-state index is 6.16. The smallest absolute Gasteiger partial charge is 0.120 e. The van der Waals surface area contributed by atoms with E-state index in [0.717, 1.165) is 24.8 Å². The van der Waals surface area contributed by atoms with Gasteiger partial charge in [-0.1, -0.05) is 74.5 Å². The van der Waals surface area contributed by atoms with Gasteiger partial charge in [-0.05, 0) is 98.2 Å². The minimum atomic E-state index is 0. The molecule has 5 heteroatoms. The first-order chi connectivity index (χ1) is 17.1. The molecule has 1 aliphatic rings. The molecule has 37 heavy (non-hydrogen) atoms. The van der Waals surface area contributed by atoms with E-state index in [-0.39, 0.29) is 24.8 Å². The molecule has 0 radical (unpaired) electrons. The lowest BCUT2D eigenvalue weighted by atomic mass is 9.82. The zero-order chi connectivity index (χ0) is 24.5. The van der Waals surface area contributed by atoms with Crippen LogP contribution in [-0.4, -0.2) is 49.6 Å². The first kappa shape index (κ1) is 31.2. The molecule has 3 aromatic rings. The van der Waals surface area contributed by atoms with Crippen LogP contribution < -0.4 is 4.74 Å². The van der Waals surface area contributed by atoms with Gasteiger partial charge >= 0.3 is 0 Å². The fourth-order valence-electron chi connectivity index (χ4n) is 5.10. The number of halogens is 2. The van der Waals surface area contributed by atoms with Crippen LogP contribution in [0.4, 0.5) is 0 Å². The van der Waals surface area contributed by atoms with Crippen LogP contribution in [0.2, 0.25) is 0 Å². The Bertz CT molecular complexity index is 1040. The highest BCUT2D eigenvalue weighted by atomic mass is 35.5. The third-order valence-electron chi connectivity index (χ3n) is 7.59. The molecule has 0 aliphatic heterocycles. The van der Waals surface area contributed by atoms with Crippen molar-refractivity contribution in [1.29, 1.82) is 0 Å². The normalized spacial score (nSPS) is 14.6. The van der Waals surface area contributed by atoms with Gasteiger partial charge in [0.05, 0.1) is 0 Å². The minimum absolute atomic E-state index is 0. The topological polar surface area (TPSA) is 15.7 Å². The second kappa shape index (κ2) is 16.0. The number of nitrogens with zero attached hydrogens (tertiary/aromatic N) is 2. The van der Waals surface area contributed by atoms with Gasteiger partial charge in [0.25, 0.3) is 0 Å². The molecule has 0 spiro atoms. The quantitative estimate of drug-likeness (QED) is 0.235. The summed E-state index contributed by atoms with van der Waals surface area (Å²) in [5, 5.41) is 0. The highest BCUT2D eigenvalue weighted by Gasteiger charge is 2.19. The fraction of sp³-hybridized carbons (Fsp3) is 0.438. The highest BCUT2D eigenvalue weighted by Crippen LogP contribution is 2.30. The van der Waals surface area contributed by atoms with Crippen molar-refractivity contribution in [3.63, 3.8) is 0 Å². The molecule has 0 fully saturated rings. The highest BCUT2D eigenvalue weighted by molar-refractivity contribution is 5.85. The molecule has 3 nitrogen and oxygen atoms in total. The number of benzene rings is 3. The largest absolute Gasteiger partial charge is 0.489 e. The lowest BCUT2D eigenvalue weighted by molar-refractivity contribution is 0.228. The second-order valence-electron chi connectivity index (χ2n) is 10.0. The van der Waals surface area contributed by atoms with Crippen LogP contribution in [0.1, 0.15) is 43.4 Å². The Morgan fingerprint density at radius 2 is 1.49 bits per heavy atom. The Morgan fingerprint density at radius 1 is 0.784 bits per heavy atom. The van der Waals surface area contributed by atoms with Crippen molar-refractivity contribution in [3.8, 4) is 16.9 Å². The summed E-state index contributed by atoms with van der Waals surface area (Å²) in [5.41, 5.74) is 6.69. The number of fused-ring (bicyclic) bond motifs is 1. The van der Waals surface area contributed by atoms with Gasteiger partial charge in [-0.2, -0.15) is 0 Å². The van der Waals surface area contributed by atoms with Crippen LogP contribution in [0.5, 0.6) is 5.75 Å². The van der Waals surface area contributed by atoms with Gasteiger partial charge in [-0.25, -0.2) is 0 Å². The van der Waals surface area contributed by atoms with Crippen molar-refractivity contribution in [1.82, 2.24) is 9.80 Å². The summed E-state index contributed by atoms with van der Waals surface area (Å²) in [7, 11) is 2.28. The van der Waals surface area contributed by atoms with Crippen LogP contribution in [0.15, 0.2) is 72.8 Å². The lowest BCUT2D eigenvalue weighted by Crippen LogP contribution is -2.34. The monoisotopic (exact) mass is 542 g/mol. The van der Waals surface area contributed by atoms with Gasteiger partial charge in [0.2, 0.25) is 0 Å². The summed E-state index contributed by atoms with van der Waals surface area (Å²) in [6.07, 6.45) is 4.97. The molecule has 3 aromatic carbocycles. The van der Waals surface area contributed by atoms with Gasteiger partial charge in [-0.3, -0.25) is 0 Å². The zero-order valence-corrected chi connectivity index (χ0v) is 24.3. The Morgan fingerprint density at radius 3 is 2.19 bits per heavy atom. The van der Waals surface area contributed by atoms with E-state index in [0.29, 0.717) is 6.61 Å². The second-order valence-corrected chi connectivity index (χ2v) is 10.0. The Kier molecular flexibility index (Phi) is 13.5. The van der Waals surface area contributed by atoms with Crippen LogP contribution >= 0.6 is 24.8 Å². The van der Waals surface area contributed by atoms with E-state index in [9.17, 15) is 0 Å². The predicted molar refractivity (Wildman–Crippen MR) is 163 cm³/mol. The molecule has 202 valence electrons. The van der Waals surface area contributed by atoms with Crippen molar-refractivity contribution < 1.29 is 4.74 Å². The van der Waals surface area contributed by atoms with Crippen LogP contribution in [0, 0.1) is 5.92 Å². The molecule has 1 atom stereocenters. The first-order valence-electron chi connectivity index (χ1n) is 13.4. The summed E-state index contributed by atoms with van der Waals surface area (Å²) in [6.45, 7) is 11.0. The Hall–Kier alpha value is -2.04. The molecule has 0 heterocycles. The maximum absolute atomic E-state index is 6.16. The van der Waals surface area contributed by atoms with Gasteiger partial charge in [0.1, 0.15) is 12.4 Å². The molecule has 4 rings (SSSR count). The van der Waals surface area contributed by atoms with Crippen molar-refractivity contribution in [2.75, 3.05) is 39.8 Å². The third-order valence-corrected chi connectivity index (χ3v) is 7.59. The van der Waals surface area contributed by atoms with Crippen LogP contribution in [0.3, 0.4) is 0 Å². The SMILES string of the molecule is CCN(CC)CCN(C)CCC1CCc2cc(OCc3ccc(-c4ccccc4)cc3)ccc2C1.Cl.Cl. The maximum Gasteiger partial charge on any atom is 0.120 e. The van der Waals surface area contributed by atoms with Crippen LogP contribution in [-0.2, 0) is 19.4 Å². The molecule has 1 aliphatic carbocycles. The predicted octanol–water partition coefficient (Wildman–Crippen LogP) is 7.54. The number of aryl methyl sites for hydroxylation is 1. The van der Waals surface area contributed by atoms with Gasteiger partial charge in [0.15, 0.2) is 0 Å². The summed E-state index contributed by atoms with van der Waals surface area (Å²) in [6, 6.07) is 26.0. The number of likely N-dealkylation sites (N-methyl/N-ethyl adjacent to an activating group) is 2. The molecule has 0 aromatic heterocycles. The third kappa shape index (κ3) is 9.33. The molecule has 0 N–H and O–H groups in total. The molecule has 0 saturated heterocycles. The number of rotatable bonds is 12. The standard InChI is InChI=1S/C32H42N2O.2ClH/c1-4-34(5-2)22-21-33(3)20-19-26-11-16-31-24-32(18-17-30(31)23-26)35-25-27-12-14-29(15-13-27)28-9-7-6-8-10-28;;/h6-10,12-15,17-18,24,26H,4-5,11,16,19-23,25H2,1-3H3;2*1H. The Labute approximate surface area is 237 Å². The lowest BCUT2D eigenvalue weighted by Gasteiger charge is -2.28. The van der Waals surface area contributed by atoms with Crippen molar-refractivity contribution in [2.45, 2.75) is 46.1 Å². The molecule has 0 saturated carbocycles. The average molecular weight is 544 g/mol. The van der Waals surface area contributed by atoms with E-state index in [2.05, 4.69) is 103 Å². The van der Waals surface area contributed by atoms with Crippen molar-refractivity contribution in [2.24, 2.45) is 5.92 Å². The molecule has 0 amide bonds. The summed E-state index contributed by atoms with van der Waals surface area (Å²) in [4.78, 5) is 5.02. The molecular weight excluding hydrogens is 499 g/mol. The number of ether oxygens (including phenoxy) is 1. The van der Waals surface area contributed by atoms with E-state index >= 15 is 0 Å². The van der Waals surface area contributed by atoms with Crippen molar-refractivity contribution >= 4 is 24.8 Å². The van der Waals surface area contributed by atoms with Crippen molar-refractivity contribution in [3.05, 3.63) is 89.5 Å². The average Bonchev–Trinajstić information content (AvgIpc) is 2.92. The summed E-state index contributed by atoms with van der Waals surface area (Å²) >= 11 is 0. The van der Waals surface area contributed by atoms with Gasteiger partial charge in [-0.15, -0.1) is 24.8 Å². The van der Waals surface area contributed by atoms with E-state index in [1.807, 2.05) is 0 Å². The summed E-state index contributed by atoms with van der Waals surface area (Å²) < 4.78 is 6.16. The van der Waals surface area contributed by atoms with E-state index in [1.54, 1.807) is 0 Å². The number of hydrogen-bond acceptors (Lipinski definition) is 3. The van der Waals surface area contributed by atoms with E-state index < -0.39 is 0 Å².